The molecule has 0 N–H and O–H groups in total. The highest BCUT2D eigenvalue weighted by molar-refractivity contribution is 5.66. The Balaban J connectivity index is 1.47. The summed E-state index contributed by atoms with van der Waals surface area (Å²) in [6.07, 6.45) is 5.07. The topological polar surface area (TPSA) is 91.1 Å². The molecule has 0 aliphatic rings. The highest BCUT2D eigenvalue weighted by Gasteiger charge is 2.13. The van der Waals surface area contributed by atoms with Crippen LogP contribution in [-0.2, 0) is 6.54 Å². The Morgan fingerprint density at radius 3 is 2.70 bits per heavy atom. The van der Waals surface area contributed by atoms with Gasteiger partial charge in [-0.2, -0.15) is 10.1 Å². The summed E-state index contributed by atoms with van der Waals surface area (Å²) >= 11 is 0. The van der Waals surface area contributed by atoms with E-state index in [0.29, 0.717) is 22.9 Å². The Morgan fingerprint density at radius 2 is 1.90 bits per heavy atom. The number of fused-ring (bicyclic) bond motifs is 1. The van der Waals surface area contributed by atoms with Gasteiger partial charge in [0.1, 0.15) is 17.8 Å². The Bertz CT molecular complexity index is 1410. The molecule has 4 aromatic heterocycles. The number of hydrogen-bond acceptors (Lipinski definition) is 6. The minimum atomic E-state index is -0.183. The van der Waals surface area contributed by atoms with Gasteiger partial charge in [-0.3, -0.25) is 9.78 Å². The lowest BCUT2D eigenvalue weighted by Crippen LogP contribution is -2.21. The summed E-state index contributed by atoms with van der Waals surface area (Å²) in [6, 6.07) is 13.4. The van der Waals surface area contributed by atoms with Crippen LogP contribution in [0.4, 0.5) is 0 Å². The van der Waals surface area contributed by atoms with Gasteiger partial charge in [-0.15, -0.1) is 0 Å². The summed E-state index contributed by atoms with van der Waals surface area (Å²) in [5.74, 6) is 0.720. The van der Waals surface area contributed by atoms with Gasteiger partial charge in [0.2, 0.25) is 11.7 Å². The molecule has 0 unspecified atom stereocenters. The van der Waals surface area contributed by atoms with Crippen LogP contribution in [0.15, 0.2) is 70.4 Å². The van der Waals surface area contributed by atoms with E-state index in [-0.39, 0.29) is 12.1 Å². The second-order valence-electron chi connectivity index (χ2n) is 7.12. The van der Waals surface area contributed by atoms with Crippen molar-refractivity contribution >= 4 is 5.52 Å². The van der Waals surface area contributed by atoms with Gasteiger partial charge in [-0.25, -0.2) is 4.52 Å². The van der Waals surface area contributed by atoms with Gasteiger partial charge < -0.3 is 9.09 Å². The zero-order valence-corrected chi connectivity index (χ0v) is 16.5. The smallest absolute Gasteiger partial charge is 0.277 e. The van der Waals surface area contributed by atoms with Crippen LogP contribution >= 0.6 is 0 Å². The highest BCUT2D eigenvalue weighted by Crippen LogP contribution is 2.21. The van der Waals surface area contributed by atoms with Crippen LogP contribution in [0.3, 0.4) is 0 Å². The summed E-state index contributed by atoms with van der Waals surface area (Å²) < 4.78 is 8.42. The second-order valence-corrected chi connectivity index (χ2v) is 7.12. The van der Waals surface area contributed by atoms with E-state index in [2.05, 4.69) is 46.2 Å². The average Bonchev–Trinajstić information content (AvgIpc) is 3.40. The van der Waals surface area contributed by atoms with Gasteiger partial charge >= 0.3 is 0 Å². The van der Waals surface area contributed by atoms with E-state index in [0.717, 1.165) is 11.3 Å². The van der Waals surface area contributed by atoms with Crippen molar-refractivity contribution in [2.24, 2.45) is 0 Å². The van der Waals surface area contributed by atoms with E-state index in [4.69, 9.17) is 4.52 Å². The Kier molecular flexibility index (Phi) is 4.24. The van der Waals surface area contributed by atoms with Gasteiger partial charge in [0, 0.05) is 24.2 Å². The summed E-state index contributed by atoms with van der Waals surface area (Å²) in [4.78, 5) is 21.5. The first-order chi connectivity index (χ1) is 14.6. The Hall–Kier alpha value is -4.07. The van der Waals surface area contributed by atoms with Crippen molar-refractivity contribution in [1.82, 2.24) is 29.3 Å². The molecule has 1 aromatic carbocycles. The van der Waals surface area contributed by atoms with Gasteiger partial charge in [0.05, 0.1) is 5.69 Å². The fraction of sp³-hybridized carbons (Fsp3) is 0.136. The molecule has 148 valence electrons. The van der Waals surface area contributed by atoms with Gasteiger partial charge in [-0.1, -0.05) is 23.4 Å². The van der Waals surface area contributed by atoms with Gasteiger partial charge in [-0.05, 0) is 49.2 Å². The lowest BCUT2D eigenvalue weighted by Gasteiger charge is -2.02. The van der Waals surface area contributed by atoms with Crippen molar-refractivity contribution in [2.45, 2.75) is 20.4 Å². The fourth-order valence-corrected chi connectivity index (χ4v) is 3.26. The number of benzene rings is 1. The second kappa shape index (κ2) is 7.07. The molecule has 30 heavy (non-hydrogen) atoms. The molecule has 4 heterocycles. The summed E-state index contributed by atoms with van der Waals surface area (Å²) in [7, 11) is 0. The molecule has 0 spiro atoms. The maximum absolute atomic E-state index is 13.0. The molecule has 0 atom stereocenters. The summed E-state index contributed by atoms with van der Waals surface area (Å²) in [6.45, 7) is 4.29. The van der Waals surface area contributed by atoms with Crippen LogP contribution in [0.1, 0.15) is 17.0 Å². The van der Waals surface area contributed by atoms with Crippen molar-refractivity contribution in [3.63, 3.8) is 0 Å². The largest absolute Gasteiger partial charge is 0.337 e. The van der Waals surface area contributed by atoms with Crippen molar-refractivity contribution in [3.8, 4) is 22.8 Å². The third-order valence-corrected chi connectivity index (χ3v) is 5.07. The maximum atomic E-state index is 13.0. The molecule has 8 nitrogen and oxygen atoms in total. The lowest BCUT2D eigenvalue weighted by atomic mass is 10.0. The molecular formula is C22H18N6O2. The normalized spacial score (nSPS) is 11.3. The van der Waals surface area contributed by atoms with Crippen LogP contribution in [-0.4, -0.2) is 29.3 Å². The minimum Gasteiger partial charge on any atom is -0.337 e. The molecule has 0 saturated heterocycles. The van der Waals surface area contributed by atoms with Crippen LogP contribution in [0.2, 0.25) is 0 Å². The van der Waals surface area contributed by atoms with Crippen LogP contribution in [0, 0.1) is 13.8 Å². The van der Waals surface area contributed by atoms with Crippen molar-refractivity contribution in [2.75, 3.05) is 0 Å². The van der Waals surface area contributed by atoms with E-state index < -0.39 is 0 Å². The first kappa shape index (κ1) is 18.0. The summed E-state index contributed by atoms with van der Waals surface area (Å²) in [5.41, 5.74) is 5.04. The van der Waals surface area contributed by atoms with Gasteiger partial charge in [0.15, 0.2) is 0 Å². The third kappa shape index (κ3) is 3.18. The zero-order valence-electron chi connectivity index (χ0n) is 16.5. The molecule has 0 bridgehead atoms. The molecule has 0 radical (unpaired) electrons. The molecule has 0 amide bonds. The number of aryl methyl sites for hydroxylation is 2. The molecule has 0 aliphatic heterocycles. The molecule has 5 rings (SSSR count). The maximum Gasteiger partial charge on any atom is 0.277 e. The van der Waals surface area contributed by atoms with Crippen LogP contribution in [0.5, 0.6) is 0 Å². The Labute approximate surface area is 171 Å². The molecule has 0 saturated carbocycles. The number of rotatable bonds is 4. The molecule has 8 heteroatoms. The average molecular weight is 398 g/mol. The quantitative estimate of drug-likeness (QED) is 0.461. The lowest BCUT2D eigenvalue weighted by molar-refractivity contribution is 0.370. The Morgan fingerprint density at radius 1 is 1.00 bits per heavy atom. The minimum absolute atomic E-state index is 0.166. The SMILES string of the molecule is Cc1ccc(-c2cc3c(=O)n(Cc4nc(-c5ccccn5)no4)ccn3n2)cc1C. The first-order valence-corrected chi connectivity index (χ1v) is 9.49. The van der Waals surface area contributed by atoms with Crippen LogP contribution in [0.25, 0.3) is 28.3 Å². The van der Waals surface area contributed by atoms with Gasteiger partial charge in [0.25, 0.3) is 5.56 Å². The van der Waals surface area contributed by atoms with E-state index in [1.165, 1.54) is 15.7 Å². The van der Waals surface area contributed by atoms with Crippen molar-refractivity contribution in [1.29, 1.82) is 0 Å². The molecule has 0 aliphatic carbocycles. The monoisotopic (exact) mass is 398 g/mol. The van der Waals surface area contributed by atoms with E-state index >= 15 is 0 Å². The molecule has 0 fully saturated rings. The van der Waals surface area contributed by atoms with E-state index in [1.54, 1.807) is 35.2 Å². The third-order valence-electron chi connectivity index (χ3n) is 5.07. The number of pyridine rings is 1. The highest BCUT2D eigenvalue weighted by atomic mass is 16.5. The molecule has 5 aromatic rings. The number of nitrogens with zero attached hydrogens (tertiary/aromatic N) is 6. The van der Waals surface area contributed by atoms with Crippen molar-refractivity contribution < 1.29 is 4.52 Å². The predicted octanol–water partition coefficient (Wildman–Crippen LogP) is 3.27. The van der Waals surface area contributed by atoms with E-state index in [1.807, 2.05) is 18.2 Å². The van der Waals surface area contributed by atoms with Crippen LogP contribution < -0.4 is 5.56 Å². The number of aromatic nitrogens is 6. The number of hydrogen-bond donors (Lipinski definition) is 0. The summed E-state index contributed by atoms with van der Waals surface area (Å²) in [5, 5.41) is 8.50. The van der Waals surface area contributed by atoms with Crippen molar-refractivity contribution in [3.05, 3.63) is 88.4 Å². The zero-order chi connectivity index (χ0) is 20.7. The van der Waals surface area contributed by atoms with E-state index in [9.17, 15) is 4.79 Å². The predicted molar refractivity (Wildman–Crippen MR) is 111 cm³/mol. The fourth-order valence-electron chi connectivity index (χ4n) is 3.26. The standard InChI is InChI=1S/C22H18N6O2/c1-14-6-7-16(11-15(14)2)18-12-19-22(29)27(9-10-28(19)25-18)13-20-24-21(26-30-20)17-5-3-4-8-23-17/h3-12H,13H2,1-2H3. The first-order valence-electron chi connectivity index (χ1n) is 9.49. The molecular weight excluding hydrogens is 380 g/mol.